The summed E-state index contributed by atoms with van der Waals surface area (Å²) in [5.41, 5.74) is 3.02. The van der Waals surface area contributed by atoms with Crippen LogP contribution < -0.4 is 5.56 Å². The van der Waals surface area contributed by atoms with Crippen LogP contribution in [0, 0.1) is 6.92 Å². The van der Waals surface area contributed by atoms with Gasteiger partial charge in [-0.05, 0) is 73.7 Å². The highest BCUT2D eigenvalue weighted by Crippen LogP contribution is 2.38. The van der Waals surface area contributed by atoms with Crippen LogP contribution in [0.15, 0.2) is 68.0 Å². The van der Waals surface area contributed by atoms with E-state index in [1.807, 2.05) is 12.1 Å². The fourth-order valence-corrected chi connectivity index (χ4v) is 4.26. The van der Waals surface area contributed by atoms with Gasteiger partial charge in [0.15, 0.2) is 11.4 Å². The third kappa shape index (κ3) is 4.04. The summed E-state index contributed by atoms with van der Waals surface area (Å²) in [6.07, 6.45) is 1.96. The molecule has 0 saturated carbocycles. The van der Waals surface area contributed by atoms with Gasteiger partial charge in [0.1, 0.15) is 11.4 Å². The number of hydrogen-bond donors (Lipinski definition) is 4. The summed E-state index contributed by atoms with van der Waals surface area (Å²) >= 11 is 0. The van der Waals surface area contributed by atoms with Crippen LogP contribution >= 0.6 is 0 Å². The van der Waals surface area contributed by atoms with E-state index in [1.165, 1.54) is 22.9 Å². The number of aromatic carboxylic acids is 1. The Balaban J connectivity index is 1.47. The first-order chi connectivity index (χ1) is 16.8. The normalized spacial score (nSPS) is 15.4. The lowest BCUT2D eigenvalue weighted by molar-refractivity contribution is 0.0663. The molecule has 35 heavy (non-hydrogen) atoms. The number of aryl methyl sites for hydroxylation is 2. The fourth-order valence-electron chi connectivity index (χ4n) is 4.26. The Kier molecular flexibility index (Phi) is 5.58. The number of aliphatic hydroxyl groups is 1. The van der Waals surface area contributed by atoms with Gasteiger partial charge in [0.2, 0.25) is 5.76 Å². The molecule has 2 heterocycles. The van der Waals surface area contributed by atoms with Crippen molar-refractivity contribution >= 4 is 17.3 Å². The number of phenolic OH excluding ortho intramolecular Hbond substituents is 1. The van der Waals surface area contributed by atoms with Crippen molar-refractivity contribution in [2.75, 3.05) is 0 Å². The zero-order valence-corrected chi connectivity index (χ0v) is 18.7. The first-order valence-electron chi connectivity index (χ1n) is 11.0. The van der Waals surface area contributed by atoms with Crippen LogP contribution in [0.2, 0.25) is 0 Å². The number of para-hydroxylation sites is 1. The molecule has 10 heteroatoms. The van der Waals surface area contributed by atoms with E-state index in [0.29, 0.717) is 11.4 Å². The van der Waals surface area contributed by atoms with Gasteiger partial charge in [-0.25, -0.2) is 9.48 Å². The maximum atomic E-state index is 13.1. The van der Waals surface area contributed by atoms with E-state index in [-0.39, 0.29) is 34.2 Å². The number of carbonyl (C=O) groups is 1. The largest absolute Gasteiger partial charge is 0.505 e. The molecule has 1 aliphatic rings. The van der Waals surface area contributed by atoms with Crippen LogP contribution in [0.1, 0.15) is 46.3 Å². The van der Waals surface area contributed by atoms with Gasteiger partial charge in [-0.2, -0.15) is 0 Å². The number of phenols is 1. The van der Waals surface area contributed by atoms with Crippen LogP contribution in [0.3, 0.4) is 0 Å². The second-order valence-corrected chi connectivity index (χ2v) is 8.36. The second kappa shape index (κ2) is 8.73. The highest BCUT2D eigenvalue weighted by Gasteiger charge is 2.20. The van der Waals surface area contributed by atoms with Gasteiger partial charge in [0.05, 0.1) is 23.0 Å². The molecule has 10 nitrogen and oxygen atoms in total. The van der Waals surface area contributed by atoms with Gasteiger partial charge < -0.3 is 19.7 Å². The third-order valence-corrected chi connectivity index (χ3v) is 6.06. The molecular formula is C25H22N4O6. The summed E-state index contributed by atoms with van der Waals surface area (Å²) in [6.45, 7) is 1.70. The van der Waals surface area contributed by atoms with Crippen LogP contribution in [0.25, 0.3) is 17.0 Å². The monoisotopic (exact) mass is 474 g/mol. The van der Waals surface area contributed by atoms with E-state index < -0.39 is 17.6 Å². The molecule has 0 bridgehead atoms. The Hall–Kier alpha value is -4.44. The number of fused-ring (bicyclic) bond motifs is 1. The number of rotatable bonds is 5. The summed E-state index contributed by atoms with van der Waals surface area (Å²) in [4.78, 5) is 24.2. The van der Waals surface area contributed by atoms with Crippen LogP contribution in [0.4, 0.5) is 11.4 Å². The van der Waals surface area contributed by atoms with Crippen molar-refractivity contribution in [3.8, 4) is 22.8 Å². The van der Waals surface area contributed by atoms with Gasteiger partial charge in [-0.15, -0.1) is 10.2 Å². The van der Waals surface area contributed by atoms with E-state index in [2.05, 4.69) is 15.3 Å². The summed E-state index contributed by atoms with van der Waals surface area (Å²) < 4.78 is 6.63. The lowest BCUT2D eigenvalue weighted by Gasteiger charge is -2.21. The number of aromatic hydroxyl groups is 1. The molecule has 1 atom stereocenters. The molecule has 178 valence electrons. The van der Waals surface area contributed by atoms with E-state index >= 15 is 0 Å². The zero-order chi connectivity index (χ0) is 24.7. The van der Waals surface area contributed by atoms with E-state index in [1.54, 1.807) is 25.1 Å². The molecule has 4 N–H and O–H groups in total. The predicted octanol–water partition coefficient (Wildman–Crippen LogP) is 4.92. The highest BCUT2D eigenvalue weighted by molar-refractivity contribution is 5.85. The molecule has 0 fully saturated rings. The molecule has 2 aromatic heterocycles. The van der Waals surface area contributed by atoms with Crippen molar-refractivity contribution in [1.82, 2.24) is 9.78 Å². The Bertz CT molecular complexity index is 1530. The quantitative estimate of drug-likeness (QED) is 0.301. The molecule has 0 radical (unpaired) electrons. The number of hydrogen-bond acceptors (Lipinski definition) is 7. The number of aromatic nitrogens is 2. The summed E-state index contributed by atoms with van der Waals surface area (Å²) in [7, 11) is 0. The van der Waals surface area contributed by atoms with Gasteiger partial charge in [-0.1, -0.05) is 12.1 Å². The van der Waals surface area contributed by atoms with E-state index in [9.17, 15) is 19.8 Å². The van der Waals surface area contributed by atoms with Gasteiger partial charge in [-0.3, -0.25) is 9.89 Å². The Morgan fingerprint density at radius 3 is 2.77 bits per heavy atom. The SMILES string of the molecule is Cc1[nH]n(-c2ccc3c(c2)CCCC3O)c(=O)c1N=Nc1cccc(-c2ccc(C(=O)O)o2)c1O. The van der Waals surface area contributed by atoms with Gasteiger partial charge in [0.25, 0.3) is 5.56 Å². The van der Waals surface area contributed by atoms with Crippen molar-refractivity contribution in [1.29, 1.82) is 0 Å². The number of carboxylic acid groups (broad SMARTS) is 1. The number of H-pyrrole nitrogens is 1. The summed E-state index contributed by atoms with van der Waals surface area (Å²) in [5, 5.41) is 41.0. The molecule has 0 aliphatic heterocycles. The molecule has 2 aromatic carbocycles. The Labute approximate surface area is 198 Å². The maximum absolute atomic E-state index is 13.1. The lowest BCUT2D eigenvalue weighted by Crippen LogP contribution is -2.16. The Morgan fingerprint density at radius 2 is 2.00 bits per heavy atom. The number of nitrogens with zero attached hydrogens (tertiary/aromatic N) is 3. The molecule has 1 unspecified atom stereocenters. The summed E-state index contributed by atoms with van der Waals surface area (Å²) in [6, 6.07) is 12.9. The van der Waals surface area contributed by atoms with Crippen LogP contribution in [-0.4, -0.2) is 31.1 Å². The minimum atomic E-state index is -1.22. The molecule has 5 rings (SSSR count). The van der Waals surface area contributed by atoms with Crippen molar-refractivity contribution < 1.29 is 24.5 Å². The minimum absolute atomic E-state index is 0.0821. The number of aliphatic hydroxyl groups excluding tert-OH is 1. The standard InChI is InChI=1S/C25H22N4O6/c1-13-22(24(32)29(28-13)15-8-9-16-14(12-15)4-2-7-19(16)30)27-26-18-6-3-5-17(23(18)31)20-10-11-21(35-20)25(33)34/h3,5-6,8-12,19,28,30-31H,2,4,7H2,1H3,(H,33,34). The van der Waals surface area contributed by atoms with E-state index in [0.717, 1.165) is 30.4 Å². The predicted molar refractivity (Wildman–Crippen MR) is 126 cm³/mol. The first kappa shape index (κ1) is 22.4. The topological polar surface area (TPSA) is 153 Å². The van der Waals surface area contributed by atoms with Crippen LogP contribution in [-0.2, 0) is 6.42 Å². The maximum Gasteiger partial charge on any atom is 0.371 e. The number of azo groups is 1. The number of carboxylic acids is 1. The van der Waals surface area contributed by atoms with Gasteiger partial charge >= 0.3 is 5.97 Å². The van der Waals surface area contributed by atoms with Crippen molar-refractivity contribution in [2.45, 2.75) is 32.3 Å². The number of aromatic amines is 1. The van der Waals surface area contributed by atoms with E-state index in [4.69, 9.17) is 9.52 Å². The average Bonchev–Trinajstić information content (AvgIpc) is 3.44. The average molecular weight is 474 g/mol. The third-order valence-electron chi connectivity index (χ3n) is 6.06. The molecule has 1 aliphatic carbocycles. The highest BCUT2D eigenvalue weighted by atomic mass is 16.4. The Morgan fingerprint density at radius 1 is 1.17 bits per heavy atom. The lowest BCUT2D eigenvalue weighted by atomic mass is 9.89. The number of benzene rings is 2. The van der Waals surface area contributed by atoms with Crippen molar-refractivity contribution in [3.63, 3.8) is 0 Å². The first-order valence-corrected chi connectivity index (χ1v) is 11.0. The minimum Gasteiger partial charge on any atom is -0.505 e. The molecule has 0 spiro atoms. The molecule has 0 saturated heterocycles. The number of furan rings is 1. The van der Waals surface area contributed by atoms with Crippen molar-refractivity contribution in [3.05, 3.63) is 81.5 Å². The summed E-state index contributed by atoms with van der Waals surface area (Å²) in [5.74, 6) is -1.58. The zero-order valence-electron chi connectivity index (χ0n) is 18.7. The number of nitrogens with one attached hydrogen (secondary N) is 1. The molecular weight excluding hydrogens is 452 g/mol. The fraction of sp³-hybridized carbons (Fsp3) is 0.200. The molecule has 0 amide bonds. The van der Waals surface area contributed by atoms with Crippen molar-refractivity contribution in [2.24, 2.45) is 10.2 Å². The second-order valence-electron chi connectivity index (χ2n) is 8.36. The molecule has 4 aromatic rings. The van der Waals surface area contributed by atoms with Crippen LogP contribution in [0.5, 0.6) is 5.75 Å². The van der Waals surface area contributed by atoms with Gasteiger partial charge in [0, 0.05) is 0 Å². The smallest absolute Gasteiger partial charge is 0.371 e.